The standard InChI is InChI=1S/C24H29Cl2NO3/c1-2-30-23(28)17-19(18-8-9-21(25)22(26)16-18)10-13-27-14-11-24(29,12-15-27)20-6-4-3-5-7-20/h3-9,16,19,29H,2,10-15,17H2,1H3. The maximum Gasteiger partial charge on any atom is 0.306 e. The van der Waals surface area contributed by atoms with Crippen LogP contribution >= 0.6 is 23.2 Å². The molecule has 6 heteroatoms. The van der Waals surface area contributed by atoms with Gasteiger partial charge in [0, 0.05) is 13.1 Å². The fraction of sp³-hybridized carbons (Fsp3) is 0.458. The number of esters is 1. The Hall–Kier alpha value is -1.59. The van der Waals surface area contributed by atoms with E-state index < -0.39 is 5.60 Å². The fourth-order valence-corrected chi connectivity index (χ4v) is 4.40. The van der Waals surface area contributed by atoms with Gasteiger partial charge in [-0.1, -0.05) is 59.6 Å². The minimum Gasteiger partial charge on any atom is -0.466 e. The highest BCUT2D eigenvalue weighted by Gasteiger charge is 2.34. The van der Waals surface area contributed by atoms with Gasteiger partial charge in [-0.15, -0.1) is 0 Å². The van der Waals surface area contributed by atoms with Crippen molar-refractivity contribution in [3.63, 3.8) is 0 Å². The Morgan fingerprint density at radius 2 is 1.83 bits per heavy atom. The Kier molecular flexibility index (Phi) is 8.18. The topological polar surface area (TPSA) is 49.8 Å². The molecule has 0 bridgehead atoms. The van der Waals surface area contributed by atoms with Crippen molar-refractivity contribution < 1.29 is 14.6 Å². The van der Waals surface area contributed by atoms with Crippen molar-refractivity contribution >= 4 is 29.2 Å². The summed E-state index contributed by atoms with van der Waals surface area (Å²) in [6.07, 6.45) is 2.52. The third-order valence-electron chi connectivity index (χ3n) is 5.92. The predicted octanol–water partition coefficient (Wildman–Crippen LogP) is 5.40. The minimum absolute atomic E-state index is 0.00810. The SMILES string of the molecule is CCOC(=O)CC(CCN1CCC(O)(c2ccccc2)CC1)c1ccc(Cl)c(Cl)c1. The summed E-state index contributed by atoms with van der Waals surface area (Å²) in [4.78, 5) is 14.5. The van der Waals surface area contributed by atoms with Gasteiger partial charge in [-0.05, 0) is 61.9 Å². The summed E-state index contributed by atoms with van der Waals surface area (Å²) >= 11 is 12.3. The summed E-state index contributed by atoms with van der Waals surface area (Å²) in [5.74, 6) is -0.195. The van der Waals surface area contributed by atoms with Crippen molar-refractivity contribution in [2.45, 2.75) is 44.1 Å². The second-order valence-electron chi connectivity index (χ2n) is 7.91. The van der Waals surface area contributed by atoms with Crippen molar-refractivity contribution in [1.82, 2.24) is 4.90 Å². The smallest absolute Gasteiger partial charge is 0.306 e. The number of halogens is 2. The largest absolute Gasteiger partial charge is 0.466 e. The number of hydrogen-bond acceptors (Lipinski definition) is 4. The van der Waals surface area contributed by atoms with E-state index in [9.17, 15) is 9.90 Å². The molecule has 0 aliphatic carbocycles. The van der Waals surface area contributed by atoms with Crippen molar-refractivity contribution in [3.05, 3.63) is 69.7 Å². The van der Waals surface area contributed by atoms with Crippen LogP contribution in [0.25, 0.3) is 0 Å². The Morgan fingerprint density at radius 1 is 1.13 bits per heavy atom. The summed E-state index contributed by atoms with van der Waals surface area (Å²) in [5, 5.41) is 12.0. The molecule has 0 spiro atoms. The van der Waals surface area contributed by atoms with Crippen LogP contribution in [0.1, 0.15) is 49.7 Å². The molecule has 1 aliphatic rings. The number of hydrogen-bond donors (Lipinski definition) is 1. The van der Waals surface area contributed by atoms with E-state index in [-0.39, 0.29) is 11.9 Å². The van der Waals surface area contributed by atoms with Crippen molar-refractivity contribution in [2.75, 3.05) is 26.2 Å². The summed E-state index contributed by atoms with van der Waals surface area (Å²) in [6, 6.07) is 15.5. The third kappa shape index (κ3) is 5.98. The number of piperidine rings is 1. The Labute approximate surface area is 188 Å². The van der Waals surface area contributed by atoms with Gasteiger partial charge in [0.2, 0.25) is 0 Å². The molecule has 1 aliphatic heterocycles. The van der Waals surface area contributed by atoms with Crippen LogP contribution in [0.2, 0.25) is 10.0 Å². The van der Waals surface area contributed by atoms with Gasteiger partial charge in [0.05, 0.1) is 28.7 Å². The molecule has 1 heterocycles. The lowest BCUT2D eigenvalue weighted by Gasteiger charge is -2.39. The first-order valence-electron chi connectivity index (χ1n) is 10.5. The number of likely N-dealkylation sites (tertiary alicyclic amines) is 1. The molecule has 1 atom stereocenters. The number of aliphatic hydroxyl groups is 1. The van der Waals surface area contributed by atoms with Crippen LogP contribution in [0, 0.1) is 0 Å². The van der Waals surface area contributed by atoms with E-state index in [1.807, 2.05) is 49.4 Å². The minimum atomic E-state index is -0.758. The highest BCUT2D eigenvalue weighted by atomic mass is 35.5. The molecule has 0 saturated carbocycles. The van der Waals surface area contributed by atoms with Gasteiger partial charge in [0.25, 0.3) is 0 Å². The molecular formula is C24H29Cl2NO3. The first-order valence-corrected chi connectivity index (χ1v) is 11.3. The lowest BCUT2D eigenvalue weighted by molar-refractivity contribution is -0.143. The first-order chi connectivity index (χ1) is 14.4. The van der Waals surface area contributed by atoms with Gasteiger partial charge in [-0.2, -0.15) is 0 Å². The van der Waals surface area contributed by atoms with Crippen molar-refractivity contribution in [2.24, 2.45) is 0 Å². The molecule has 0 amide bonds. The Bertz CT molecular complexity index is 836. The van der Waals surface area contributed by atoms with E-state index in [4.69, 9.17) is 27.9 Å². The van der Waals surface area contributed by atoms with E-state index >= 15 is 0 Å². The van der Waals surface area contributed by atoms with Gasteiger partial charge in [0.15, 0.2) is 0 Å². The lowest BCUT2D eigenvalue weighted by atomic mass is 9.84. The molecular weight excluding hydrogens is 421 g/mol. The highest BCUT2D eigenvalue weighted by Crippen LogP contribution is 2.34. The number of carbonyl (C=O) groups excluding carboxylic acids is 1. The number of nitrogens with zero attached hydrogens (tertiary/aromatic N) is 1. The van der Waals surface area contributed by atoms with Gasteiger partial charge < -0.3 is 14.7 Å². The zero-order valence-electron chi connectivity index (χ0n) is 17.3. The summed E-state index contributed by atoms with van der Waals surface area (Å²) < 4.78 is 5.17. The molecule has 2 aromatic rings. The van der Waals surface area contributed by atoms with Crippen LogP contribution in [0.3, 0.4) is 0 Å². The number of benzene rings is 2. The van der Waals surface area contributed by atoms with Crippen LogP contribution in [-0.4, -0.2) is 42.2 Å². The number of ether oxygens (including phenoxy) is 1. The number of carbonyl (C=O) groups is 1. The normalized spacial score (nSPS) is 17.5. The maximum atomic E-state index is 12.1. The molecule has 1 unspecified atom stereocenters. The molecule has 30 heavy (non-hydrogen) atoms. The van der Waals surface area contributed by atoms with E-state index in [1.54, 1.807) is 6.07 Å². The highest BCUT2D eigenvalue weighted by molar-refractivity contribution is 6.42. The average molecular weight is 450 g/mol. The molecule has 0 aromatic heterocycles. The van der Waals surface area contributed by atoms with E-state index in [0.29, 0.717) is 35.9 Å². The molecule has 1 N–H and O–H groups in total. The van der Waals surface area contributed by atoms with Crippen LogP contribution in [-0.2, 0) is 15.1 Å². The average Bonchev–Trinajstić information content (AvgIpc) is 2.75. The van der Waals surface area contributed by atoms with Crippen molar-refractivity contribution in [1.29, 1.82) is 0 Å². The Morgan fingerprint density at radius 3 is 2.47 bits per heavy atom. The van der Waals surface area contributed by atoms with Gasteiger partial charge in [0.1, 0.15) is 0 Å². The first kappa shape index (κ1) is 23.1. The van der Waals surface area contributed by atoms with E-state index in [1.165, 1.54) is 0 Å². The maximum absolute atomic E-state index is 12.1. The fourth-order valence-electron chi connectivity index (χ4n) is 4.10. The van der Waals surface area contributed by atoms with E-state index in [0.717, 1.165) is 37.2 Å². The van der Waals surface area contributed by atoms with Crippen LogP contribution in [0.5, 0.6) is 0 Å². The van der Waals surface area contributed by atoms with Gasteiger partial charge in [-0.25, -0.2) is 0 Å². The second-order valence-corrected chi connectivity index (χ2v) is 8.72. The quantitative estimate of drug-likeness (QED) is 0.547. The van der Waals surface area contributed by atoms with E-state index in [2.05, 4.69) is 4.90 Å². The molecule has 1 saturated heterocycles. The monoisotopic (exact) mass is 449 g/mol. The predicted molar refractivity (Wildman–Crippen MR) is 121 cm³/mol. The zero-order chi connectivity index (χ0) is 21.6. The van der Waals surface area contributed by atoms with Gasteiger partial charge >= 0.3 is 5.97 Å². The van der Waals surface area contributed by atoms with Crippen LogP contribution in [0.4, 0.5) is 0 Å². The third-order valence-corrected chi connectivity index (χ3v) is 6.66. The summed E-state index contributed by atoms with van der Waals surface area (Å²) in [6.45, 7) is 4.66. The van der Waals surface area contributed by atoms with Crippen LogP contribution in [0.15, 0.2) is 48.5 Å². The summed E-state index contributed by atoms with van der Waals surface area (Å²) in [7, 11) is 0. The van der Waals surface area contributed by atoms with Crippen molar-refractivity contribution in [3.8, 4) is 0 Å². The molecule has 3 rings (SSSR count). The zero-order valence-corrected chi connectivity index (χ0v) is 18.8. The molecule has 1 fully saturated rings. The van der Waals surface area contributed by atoms with Crippen LogP contribution < -0.4 is 0 Å². The lowest BCUT2D eigenvalue weighted by Crippen LogP contribution is -2.43. The van der Waals surface area contributed by atoms with Gasteiger partial charge in [-0.3, -0.25) is 4.79 Å². The summed E-state index contributed by atoms with van der Waals surface area (Å²) in [5.41, 5.74) is 1.22. The molecule has 0 radical (unpaired) electrons. The molecule has 2 aromatic carbocycles. The molecule has 162 valence electrons. The Balaban J connectivity index is 1.61. The molecule has 4 nitrogen and oxygen atoms in total. The number of rotatable bonds is 8. The second kappa shape index (κ2) is 10.6.